The van der Waals surface area contributed by atoms with Crippen molar-refractivity contribution >= 4 is 0 Å². The highest BCUT2D eigenvalue weighted by molar-refractivity contribution is 4.89. The van der Waals surface area contributed by atoms with E-state index in [4.69, 9.17) is 0 Å². The number of aromatic amines is 1. The largest absolute Gasteiger partial charge is 0.348 e. The molecular weight excluding hydrogens is 150 g/mol. The summed E-state index contributed by atoms with van der Waals surface area (Å²) in [5.41, 5.74) is 0. The lowest BCUT2D eigenvalue weighted by molar-refractivity contribution is 0.489. The highest BCUT2D eigenvalue weighted by Crippen LogP contribution is 2.32. The molecule has 2 rings (SSSR count). The lowest BCUT2D eigenvalue weighted by Gasteiger charge is -2.10. The van der Waals surface area contributed by atoms with Gasteiger partial charge in [0, 0.05) is 18.4 Å². The fourth-order valence-corrected chi connectivity index (χ4v) is 1.42. The molecule has 0 aromatic carbocycles. The van der Waals surface area contributed by atoms with Crippen molar-refractivity contribution in [3.05, 3.63) is 18.2 Å². The van der Waals surface area contributed by atoms with Crippen LogP contribution in [0.15, 0.2) is 12.4 Å². The Balaban J connectivity index is 1.74. The molecular formula is C9H15N3. The molecule has 66 valence electrons. The van der Waals surface area contributed by atoms with Crippen LogP contribution >= 0.6 is 0 Å². The predicted molar refractivity (Wildman–Crippen MR) is 47.6 cm³/mol. The summed E-state index contributed by atoms with van der Waals surface area (Å²) in [6, 6.07) is 0.648. The van der Waals surface area contributed by atoms with E-state index in [0.29, 0.717) is 6.04 Å². The van der Waals surface area contributed by atoms with Gasteiger partial charge in [-0.05, 0) is 25.7 Å². The second kappa shape index (κ2) is 3.27. The number of nitrogens with zero attached hydrogens (tertiary/aromatic N) is 1. The molecule has 1 heterocycles. The Morgan fingerprint density at radius 3 is 3.17 bits per heavy atom. The molecule has 1 saturated carbocycles. The van der Waals surface area contributed by atoms with Crippen LogP contribution in [0.1, 0.15) is 25.6 Å². The first-order valence-corrected chi connectivity index (χ1v) is 4.58. The first-order valence-electron chi connectivity index (χ1n) is 4.58. The zero-order valence-electron chi connectivity index (χ0n) is 7.38. The van der Waals surface area contributed by atoms with Crippen LogP contribution in [0.5, 0.6) is 0 Å². The molecule has 0 radical (unpaired) electrons. The molecule has 1 aliphatic rings. The SMILES string of the molecule is CC(NCc1ncc[nH]1)C1CC1. The van der Waals surface area contributed by atoms with Gasteiger partial charge in [-0.2, -0.15) is 0 Å². The van der Waals surface area contributed by atoms with Crippen LogP contribution in [0.4, 0.5) is 0 Å². The van der Waals surface area contributed by atoms with Crippen molar-refractivity contribution in [3.63, 3.8) is 0 Å². The topological polar surface area (TPSA) is 40.7 Å². The summed E-state index contributed by atoms with van der Waals surface area (Å²) in [5.74, 6) is 1.95. The van der Waals surface area contributed by atoms with Gasteiger partial charge in [0.15, 0.2) is 0 Å². The van der Waals surface area contributed by atoms with E-state index in [0.717, 1.165) is 18.3 Å². The first kappa shape index (κ1) is 7.80. The van der Waals surface area contributed by atoms with Crippen LogP contribution in [0.3, 0.4) is 0 Å². The van der Waals surface area contributed by atoms with E-state index in [9.17, 15) is 0 Å². The van der Waals surface area contributed by atoms with E-state index in [1.165, 1.54) is 12.8 Å². The number of hydrogen-bond acceptors (Lipinski definition) is 2. The second-order valence-electron chi connectivity index (χ2n) is 3.54. The molecule has 2 N–H and O–H groups in total. The van der Waals surface area contributed by atoms with Gasteiger partial charge in [0.1, 0.15) is 5.82 Å². The third kappa shape index (κ3) is 1.85. The maximum Gasteiger partial charge on any atom is 0.120 e. The van der Waals surface area contributed by atoms with Crippen molar-refractivity contribution in [3.8, 4) is 0 Å². The smallest absolute Gasteiger partial charge is 0.120 e. The number of hydrogen-bond donors (Lipinski definition) is 2. The highest BCUT2D eigenvalue weighted by atomic mass is 15.0. The molecule has 1 aliphatic carbocycles. The van der Waals surface area contributed by atoms with Crippen LogP contribution in [-0.2, 0) is 6.54 Å². The van der Waals surface area contributed by atoms with Crippen LogP contribution in [0.25, 0.3) is 0 Å². The molecule has 3 heteroatoms. The highest BCUT2D eigenvalue weighted by Gasteiger charge is 2.27. The quantitative estimate of drug-likeness (QED) is 0.706. The normalized spacial score (nSPS) is 19.4. The van der Waals surface area contributed by atoms with Crippen LogP contribution in [0, 0.1) is 5.92 Å². The molecule has 1 aromatic rings. The molecule has 1 fully saturated rings. The van der Waals surface area contributed by atoms with E-state index in [-0.39, 0.29) is 0 Å². The number of imidazole rings is 1. The fraction of sp³-hybridized carbons (Fsp3) is 0.667. The Bertz CT molecular complexity index is 226. The molecule has 12 heavy (non-hydrogen) atoms. The van der Waals surface area contributed by atoms with Gasteiger partial charge in [-0.1, -0.05) is 0 Å². The lowest BCUT2D eigenvalue weighted by atomic mass is 10.2. The monoisotopic (exact) mass is 165 g/mol. The summed E-state index contributed by atoms with van der Waals surface area (Å²) in [5, 5.41) is 3.45. The maximum atomic E-state index is 4.15. The molecule has 0 amide bonds. The van der Waals surface area contributed by atoms with E-state index >= 15 is 0 Å². The molecule has 1 aromatic heterocycles. The standard InChI is InChI=1S/C9H15N3/c1-7(8-2-3-8)12-6-9-10-4-5-11-9/h4-5,7-8,12H,2-3,6H2,1H3,(H,10,11). The molecule has 1 unspecified atom stereocenters. The molecule has 0 spiro atoms. The zero-order valence-corrected chi connectivity index (χ0v) is 7.38. The van der Waals surface area contributed by atoms with Gasteiger partial charge >= 0.3 is 0 Å². The minimum Gasteiger partial charge on any atom is -0.348 e. The van der Waals surface area contributed by atoms with E-state index in [1.807, 2.05) is 6.20 Å². The Labute approximate surface area is 72.6 Å². The second-order valence-corrected chi connectivity index (χ2v) is 3.54. The van der Waals surface area contributed by atoms with Gasteiger partial charge < -0.3 is 10.3 Å². The van der Waals surface area contributed by atoms with E-state index in [2.05, 4.69) is 22.2 Å². The summed E-state index contributed by atoms with van der Waals surface area (Å²) in [6.07, 6.45) is 6.44. The number of aromatic nitrogens is 2. The third-order valence-electron chi connectivity index (χ3n) is 2.48. The minimum atomic E-state index is 0.648. The maximum absolute atomic E-state index is 4.15. The van der Waals surface area contributed by atoms with Crippen molar-refractivity contribution in [1.29, 1.82) is 0 Å². The van der Waals surface area contributed by atoms with Crippen molar-refractivity contribution in [2.75, 3.05) is 0 Å². The number of nitrogens with one attached hydrogen (secondary N) is 2. The predicted octanol–water partition coefficient (Wildman–Crippen LogP) is 1.30. The Morgan fingerprint density at radius 2 is 2.58 bits per heavy atom. The number of rotatable bonds is 4. The summed E-state index contributed by atoms with van der Waals surface area (Å²) in [7, 11) is 0. The molecule has 1 atom stereocenters. The first-order chi connectivity index (χ1) is 5.86. The van der Waals surface area contributed by atoms with Gasteiger partial charge in [-0.3, -0.25) is 0 Å². The average Bonchev–Trinajstić information content (AvgIpc) is 2.80. The van der Waals surface area contributed by atoms with Crippen molar-refractivity contribution < 1.29 is 0 Å². The minimum absolute atomic E-state index is 0.648. The molecule has 3 nitrogen and oxygen atoms in total. The van der Waals surface area contributed by atoms with Crippen LogP contribution in [-0.4, -0.2) is 16.0 Å². The Hall–Kier alpha value is -0.830. The van der Waals surface area contributed by atoms with Gasteiger partial charge in [0.05, 0.1) is 6.54 Å². The zero-order chi connectivity index (χ0) is 8.39. The number of H-pyrrole nitrogens is 1. The van der Waals surface area contributed by atoms with Crippen molar-refractivity contribution in [1.82, 2.24) is 15.3 Å². The summed E-state index contributed by atoms with van der Waals surface area (Å²) < 4.78 is 0. The van der Waals surface area contributed by atoms with Crippen molar-refractivity contribution in [2.24, 2.45) is 5.92 Å². The van der Waals surface area contributed by atoms with Crippen LogP contribution in [0.2, 0.25) is 0 Å². The average molecular weight is 165 g/mol. The van der Waals surface area contributed by atoms with E-state index < -0.39 is 0 Å². The molecule has 0 bridgehead atoms. The summed E-state index contributed by atoms with van der Waals surface area (Å²) in [6.45, 7) is 3.12. The van der Waals surface area contributed by atoms with Crippen molar-refractivity contribution in [2.45, 2.75) is 32.4 Å². The molecule has 0 aliphatic heterocycles. The Morgan fingerprint density at radius 1 is 1.75 bits per heavy atom. The van der Waals surface area contributed by atoms with Gasteiger partial charge in [-0.25, -0.2) is 4.98 Å². The summed E-state index contributed by atoms with van der Waals surface area (Å²) >= 11 is 0. The fourth-order valence-electron chi connectivity index (χ4n) is 1.42. The lowest BCUT2D eigenvalue weighted by Crippen LogP contribution is -2.27. The Kier molecular flexibility index (Phi) is 2.13. The van der Waals surface area contributed by atoms with Crippen LogP contribution < -0.4 is 5.32 Å². The summed E-state index contributed by atoms with van der Waals surface area (Å²) in [4.78, 5) is 7.23. The molecule has 0 saturated heterocycles. The van der Waals surface area contributed by atoms with Gasteiger partial charge in [0.2, 0.25) is 0 Å². The third-order valence-corrected chi connectivity index (χ3v) is 2.48. The van der Waals surface area contributed by atoms with Gasteiger partial charge in [-0.15, -0.1) is 0 Å². The van der Waals surface area contributed by atoms with E-state index in [1.54, 1.807) is 6.20 Å². The van der Waals surface area contributed by atoms with Gasteiger partial charge in [0.25, 0.3) is 0 Å².